The molecule has 9 heavy (non-hydrogen) atoms. The molecular weight excluding hydrogens is 255 g/mol. The molecule has 1 heterocycles. The summed E-state index contributed by atoms with van der Waals surface area (Å²) in [7, 11) is 0. The number of thioether (sulfide) groups is 1. The Bertz CT molecular complexity index is 110. The zero-order valence-corrected chi connectivity index (χ0v) is 9.22. The molecule has 0 aromatic carbocycles. The van der Waals surface area contributed by atoms with Gasteiger partial charge in [-0.1, -0.05) is 25.0 Å². The molecule has 1 aliphatic rings. The first-order valence-corrected chi connectivity index (χ1v) is 3.52. The maximum atomic E-state index is 8.83. The average molecular weight is 259 g/mol. The molecule has 2 N–H and O–H groups in total. The monoisotopic (exact) mass is 258 g/mol. The number of hydrazine groups is 1. The standard InChI is InChI=1S/C2H4N2OS3.Zr/c5-2-4(7)3-1(6)8-2;/h2,5,7H,(H,3,6);. The van der Waals surface area contributed by atoms with Gasteiger partial charge in [0.15, 0.2) is 9.88 Å². The van der Waals surface area contributed by atoms with E-state index < -0.39 is 5.56 Å². The summed E-state index contributed by atoms with van der Waals surface area (Å²) in [6, 6.07) is 0. The topological polar surface area (TPSA) is 35.5 Å². The van der Waals surface area contributed by atoms with Crippen molar-refractivity contribution in [2.45, 2.75) is 5.56 Å². The Morgan fingerprint density at radius 2 is 2.44 bits per heavy atom. The Kier molecular flexibility index (Phi) is 4.98. The Morgan fingerprint density at radius 3 is 2.56 bits per heavy atom. The minimum Gasteiger partial charge on any atom is -0.367 e. The van der Waals surface area contributed by atoms with E-state index in [4.69, 9.17) is 5.11 Å². The summed E-state index contributed by atoms with van der Waals surface area (Å²) in [6.07, 6.45) is 0. The van der Waals surface area contributed by atoms with Crippen LogP contribution in [0.4, 0.5) is 0 Å². The summed E-state index contributed by atoms with van der Waals surface area (Å²) in [5.74, 6) is 0. The van der Waals surface area contributed by atoms with E-state index >= 15 is 0 Å². The second kappa shape index (κ2) is 4.31. The van der Waals surface area contributed by atoms with Crippen molar-refractivity contribution in [1.29, 1.82) is 0 Å². The van der Waals surface area contributed by atoms with Gasteiger partial charge in [-0.3, -0.25) is 5.43 Å². The molecule has 50 valence electrons. The van der Waals surface area contributed by atoms with Gasteiger partial charge in [0.25, 0.3) is 0 Å². The second-order valence-electron chi connectivity index (χ2n) is 1.19. The minimum atomic E-state index is -0.647. The third-order valence-electron chi connectivity index (χ3n) is 0.628. The van der Waals surface area contributed by atoms with Gasteiger partial charge >= 0.3 is 0 Å². The van der Waals surface area contributed by atoms with Crippen LogP contribution in [0.5, 0.6) is 0 Å². The van der Waals surface area contributed by atoms with E-state index in [9.17, 15) is 0 Å². The van der Waals surface area contributed by atoms with Crippen LogP contribution in [-0.4, -0.2) is 19.4 Å². The van der Waals surface area contributed by atoms with E-state index in [0.717, 1.165) is 11.8 Å². The first-order chi connectivity index (χ1) is 3.70. The maximum absolute atomic E-state index is 8.83. The molecule has 1 rings (SSSR count). The normalized spacial score (nSPS) is 27.3. The quantitative estimate of drug-likeness (QED) is 0.420. The smallest absolute Gasteiger partial charge is 0.189 e. The summed E-state index contributed by atoms with van der Waals surface area (Å²) in [4.78, 5) is 0. The Hall–Kier alpha value is 1.39. The van der Waals surface area contributed by atoms with Gasteiger partial charge in [-0.25, -0.2) is 0 Å². The summed E-state index contributed by atoms with van der Waals surface area (Å²) in [6.45, 7) is 0. The molecule has 0 amide bonds. The third-order valence-corrected chi connectivity index (χ3v) is 2.21. The van der Waals surface area contributed by atoms with Gasteiger partial charge in [0.05, 0.1) is 0 Å². The van der Waals surface area contributed by atoms with Crippen molar-refractivity contribution in [3.05, 3.63) is 0 Å². The van der Waals surface area contributed by atoms with Crippen LogP contribution in [0.25, 0.3) is 0 Å². The van der Waals surface area contributed by atoms with Crippen LogP contribution < -0.4 is 5.43 Å². The van der Waals surface area contributed by atoms with Crippen LogP contribution in [0.15, 0.2) is 0 Å². The summed E-state index contributed by atoms with van der Waals surface area (Å²) in [5.41, 5.74) is 1.96. The fraction of sp³-hybridized carbons (Fsp3) is 0.500. The van der Waals surface area contributed by atoms with Crippen molar-refractivity contribution >= 4 is 41.1 Å². The molecule has 1 atom stereocenters. The largest absolute Gasteiger partial charge is 0.367 e. The van der Waals surface area contributed by atoms with Crippen LogP contribution in [0.1, 0.15) is 0 Å². The second-order valence-corrected chi connectivity index (χ2v) is 3.35. The number of hydrogen-bond donors (Lipinski definition) is 3. The number of thiol groups is 1. The predicted octanol–water partition coefficient (Wildman–Crippen LogP) is -0.0571. The van der Waals surface area contributed by atoms with E-state index in [2.05, 4.69) is 30.5 Å². The number of nitrogens with zero attached hydrogens (tertiary/aromatic N) is 1. The molecule has 0 aromatic rings. The first-order valence-electron chi connectivity index (χ1n) is 1.83. The molecule has 1 unspecified atom stereocenters. The maximum Gasteiger partial charge on any atom is 0.189 e. The van der Waals surface area contributed by atoms with Crippen molar-refractivity contribution in [2.75, 3.05) is 0 Å². The number of nitrogens with one attached hydrogen (secondary N) is 1. The molecule has 0 aliphatic carbocycles. The fourth-order valence-corrected chi connectivity index (χ4v) is 1.55. The molecule has 0 bridgehead atoms. The van der Waals surface area contributed by atoms with Crippen molar-refractivity contribution in [3.8, 4) is 0 Å². The van der Waals surface area contributed by atoms with Crippen molar-refractivity contribution in [3.63, 3.8) is 0 Å². The van der Waals surface area contributed by atoms with Gasteiger partial charge in [0.2, 0.25) is 0 Å². The van der Waals surface area contributed by atoms with Crippen molar-refractivity contribution < 1.29 is 31.3 Å². The third kappa shape index (κ3) is 2.86. The summed E-state index contributed by atoms with van der Waals surface area (Å²) < 4.78 is 1.79. The zero-order chi connectivity index (χ0) is 6.15. The predicted molar refractivity (Wildman–Crippen MR) is 40.2 cm³/mol. The number of aliphatic hydroxyl groups excluding tert-OH is 1. The van der Waals surface area contributed by atoms with E-state index in [-0.39, 0.29) is 26.2 Å². The minimum absolute atomic E-state index is 0. The molecular formula is C2H4N2OS3Zr. The molecule has 0 spiro atoms. The molecule has 1 saturated heterocycles. The van der Waals surface area contributed by atoms with Gasteiger partial charge in [0, 0.05) is 26.2 Å². The van der Waals surface area contributed by atoms with Gasteiger partial charge in [-0.05, 0) is 11.8 Å². The molecule has 3 nitrogen and oxygen atoms in total. The number of aliphatic hydroxyl groups is 1. The molecule has 1 fully saturated rings. The van der Waals surface area contributed by atoms with Crippen LogP contribution in [0.2, 0.25) is 0 Å². The molecule has 0 radical (unpaired) electrons. The van der Waals surface area contributed by atoms with Gasteiger partial charge < -0.3 is 5.11 Å². The average Bonchev–Trinajstić information content (AvgIpc) is 1.85. The first kappa shape index (κ1) is 10.4. The Balaban J connectivity index is 0.000000640. The Morgan fingerprint density at radius 1 is 1.89 bits per heavy atom. The van der Waals surface area contributed by atoms with Gasteiger partial charge in [-0.15, -0.1) is 4.41 Å². The van der Waals surface area contributed by atoms with E-state index in [1.807, 2.05) is 0 Å². The van der Waals surface area contributed by atoms with E-state index in [1.54, 1.807) is 0 Å². The van der Waals surface area contributed by atoms with Crippen LogP contribution in [0.3, 0.4) is 0 Å². The van der Waals surface area contributed by atoms with E-state index in [1.165, 1.54) is 4.41 Å². The number of hydrogen-bond acceptors (Lipinski definition) is 5. The fourth-order valence-electron chi connectivity index (χ4n) is 0.321. The van der Waals surface area contributed by atoms with Crippen molar-refractivity contribution in [2.24, 2.45) is 0 Å². The Labute approximate surface area is 87.2 Å². The zero-order valence-electron chi connectivity index (χ0n) is 4.24. The summed E-state index contributed by atoms with van der Waals surface area (Å²) >= 11 is 9.64. The van der Waals surface area contributed by atoms with Crippen LogP contribution in [0, 0.1) is 0 Å². The molecule has 0 saturated carbocycles. The molecule has 7 heteroatoms. The van der Waals surface area contributed by atoms with E-state index in [0.29, 0.717) is 4.32 Å². The molecule has 1 aliphatic heterocycles. The van der Waals surface area contributed by atoms with Crippen LogP contribution >= 0.6 is 36.8 Å². The SMILES string of the molecule is OC1SC(=S)NN1S.[Zr]. The van der Waals surface area contributed by atoms with Crippen LogP contribution in [-0.2, 0) is 26.2 Å². The van der Waals surface area contributed by atoms with Gasteiger partial charge in [0.1, 0.15) is 0 Å². The van der Waals surface area contributed by atoms with Crippen molar-refractivity contribution in [1.82, 2.24) is 9.84 Å². The molecule has 0 aromatic heterocycles. The van der Waals surface area contributed by atoms with Gasteiger partial charge in [-0.2, -0.15) is 0 Å². The number of rotatable bonds is 0. The number of thiocarbonyl (C=S) groups is 1. The summed E-state index contributed by atoms with van der Waals surface area (Å²) in [5, 5.41) is 8.83.